The molecule has 7 heteroatoms. The molecule has 27 heavy (non-hydrogen) atoms. The summed E-state index contributed by atoms with van der Waals surface area (Å²) >= 11 is 0. The zero-order valence-corrected chi connectivity index (χ0v) is 15.7. The fraction of sp³-hybridized carbons (Fsp3) is 0.300. The second-order valence-electron chi connectivity index (χ2n) is 6.41. The second kappa shape index (κ2) is 7.99. The van der Waals surface area contributed by atoms with Gasteiger partial charge >= 0.3 is 0 Å². The molecule has 1 unspecified atom stereocenters. The van der Waals surface area contributed by atoms with Crippen LogP contribution in [-0.2, 0) is 6.54 Å². The highest BCUT2D eigenvalue weighted by Gasteiger charge is 2.18. The van der Waals surface area contributed by atoms with Gasteiger partial charge in [0.1, 0.15) is 5.69 Å². The first-order chi connectivity index (χ1) is 13.0. The van der Waals surface area contributed by atoms with Gasteiger partial charge in [-0.15, -0.1) is 0 Å². The minimum absolute atomic E-state index is 0.207. The van der Waals surface area contributed by atoms with Crippen LogP contribution in [0.5, 0.6) is 0 Å². The average molecular weight is 365 g/mol. The minimum Gasteiger partial charge on any atom is -0.344 e. The Morgan fingerprint density at radius 3 is 2.63 bits per heavy atom. The first-order valence-electron chi connectivity index (χ1n) is 9.00. The Morgan fingerprint density at radius 2 is 1.93 bits per heavy atom. The quantitative estimate of drug-likeness (QED) is 0.728. The van der Waals surface area contributed by atoms with Crippen LogP contribution in [0.1, 0.15) is 48.1 Å². The van der Waals surface area contributed by atoms with E-state index in [2.05, 4.69) is 15.5 Å². The highest BCUT2D eigenvalue weighted by molar-refractivity contribution is 5.92. The van der Waals surface area contributed by atoms with E-state index in [4.69, 9.17) is 0 Å². The van der Waals surface area contributed by atoms with Gasteiger partial charge in [-0.05, 0) is 38.5 Å². The molecule has 0 spiro atoms. The van der Waals surface area contributed by atoms with Gasteiger partial charge in [0.2, 0.25) is 0 Å². The molecule has 2 heterocycles. The maximum atomic E-state index is 12.6. The molecule has 7 nitrogen and oxygen atoms in total. The van der Waals surface area contributed by atoms with E-state index in [0.717, 1.165) is 23.4 Å². The van der Waals surface area contributed by atoms with Crippen molar-refractivity contribution >= 4 is 5.91 Å². The van der Waals surface area contributed by atoms with Gasteiger partial charge in [0.05, 0.1) is 17.9 Å². The van der Waals surface area contributed by atoms with Crippen LogP contribution in [0.3, 0.4) is 0 Å². The number of aryl methyl sites for hydroxylation is 1. The maximum Gasteiger partial charge on any atom is 0.272 e. The Morgan fingerprint density at radius 1 is 1.19 bits per heavy atom. The van der Waals surface area contributed by atoms with Crippen molar-refractivity contribution in [1.29, 1.82) is 0 Å². The van der Waals surface area contributed by atoms with E-state index < -0.39 is 0 Å². The number of aromatic nitrogens is 4. The summed E-state index contributed by atoms with van der Waals surface area (Å²) in [6.45, 7) is 6.31. The van der Waals surface area contributed by atoms with E-state index in [1.165, 1.54) is 16.8 Å². The fourth-order valence-electron chi connectivity index (χ4n) is 2.97. The van der Waals surface area contributed by atoms with Crippen LogP contribution in [0, 0.1) is 6.92 Å². The van der Waals surface area contributed by atoms with E-state index in [-0.39, 0.29) is 23.2 Å². The molecule has 0 saturated heterocycles. The molecule has 1 atom stereocenters. The normalized spacial score (nSPS) is 12.0. The summed E-state index contributed by atoms with van der Waals surface area (Å²) in [6, 6.07) is 12.4. The number of carbonyl (C=O) groups is 1. The number of rotatable bonds is 6. The van der Waals surface area contributed by atoms with Crippen molar-refractivity contribution in [3.05, 3.63) is 76.0 Å². The summed E-state index contributed by atoms with van der Waals surface area (Å²) < 4.78 is 3.16. The van der Waals surface area contributed by atoms with Crippen molar-refractivity contribution < 1.29 is 4.79 Å². The van der Waals surface area contributed by atoms with Gasteiger partial charge in [-0.2, -0.15) is 10.2 Å². The molecule has 3 aromatic rings. The van der Waals surface area contributed by atoms with Crippen molar-refractivity contribution in [2.75, 3.05) is 0 Å². The van der Waals surface area contributed by atoms with Gasteiger partial charge < -0.3 is 5.32 Å². The number of para-hydroxylation sites is 1. The summed E-state index contributed by atoms with van der Waals surface area (Å²) in [4.78, 5) is 24.3. The molecule has 0 saturated carbocycles. The third-order valence-electron chi connectivity index (χ3n) is 4.40. The number of benzene rings is 1. The van der Waals surface area contributed by atoms with E-state index in [9.17, 15) is 9.59 Å². The largest absolute Gasteiger partial charge is 0.344 e. The predicted molar refractivity (Wildman–Crippen MR) is 103 cm³/mol. The molecule has 140 valence electrons. The summed E-state index contributed by atoms with van der Waals surface area (Å²) in [5, 5.41) is 11.5. The Balaban J connectivity index is 1.79. The SMILES string of the molecule is CCCn1nc(C(=O)NC(C)c2cnn(-c3ccccc3)c2C)ccc1=O. The number of hydrogen-bond acceptors (Lipinski definition) is 4. The number of carbonyl (C=O) groups excluding carboxylic acids is 1. The standard InChI is InChI=1S/C20H23N5O2/c1-4-12-24-19(26)11-10-18(23-24)20(27)22-14(2)17-13-21-25(15(17)3)16-8-6-5-7-9-16/h5-11,13-14H,4,12H2,1-3H3,(H,22,27). The molecule has 1 amide bonds. The first kappa shape index (κ1) is 18.6. The van der Waals surface area contributed by atoms with Crippen LogP contribution in [0.4, 0.5) is 0 Å². The van der Waals surface area contributed by atoms with Crippen LogP contribution in [0.2, 0.25) is 0 Å². The Hall–Kier alpha value is -3.22. The molecular weight excluding hydrogens is 342 g/mol. The van der Waals surface area contributed by atoms with Crippen molar-refractivity contribution in [3.63, 3.8) is 0 Å². The number of hydrogen-bond donors (Lipinski definition) is 1. The summed E-state index contributed by atoms with van der Waals surface area (Å²) in [5.41, 5.74) is 2.87. The Kier molecular flexibility index (Phi) is 5.49. The lowest BCUT2D eigenvalue weighted by Crippen LogP contribution is -2.31. The fourth-order valence-corrected chi connectivity index (χ4v) is 2.97. The highest BCUT2D eigenvalue weighted by atomic mass is 16.2. The van der Waals surface area contributed by atoms with Crippen LogP contribution in [-0.4, -0.2) is 25.5 Å². The van der Waals surface area contributed by atoms with Gasteiger partial charge in [0.15, 0.2) is 0 Å². The predicted octanol–water partition coefficient (Wildman–Crippen LogP) is 2.64. The lowest BCUT2D eigenvalue weighted by Gasteiger charge is -2.14. The third-order valence-corrected chi connectivity index (χ3v) is 4.40. The Bertz CT molecular complexity index is 991. The van der Waals surface area contributed by atoms with Crippen LogP contribution in [0.15, 0.2) is 53.5 Å². The minimum atomic E-state index is -0.320. The van der Waals surface area contributed by atoms with Crippen molar-refractivity contribution in [1.82, 2.24) is 24.9 Å². The molecule has 1 aromatic carbocycles. The third kappa shape index (κ3) is 3.97. The number of nitrogens with zero attached hydrogens (tertiary/aromatic N) is 4. The lowest BCUT2D eigenvalue weighted by molar-refractivity contribution is 0.0932. The van der Waals surface area contributed by atoms with Crippen LogP contribution < -0.4 is 10.9 Å². The summed E-state index contributed by atoms with van der Waals surface area (Å²) in [7, 11) is 0. The lowest BCUT2D eigenvalue weighted by atomic mass is 10.1. The van der Waals surface area contributed by atoms with Gasteiger partial charge in [-0.25, -0.2) is 9.36 Å². The van der Waals surface area contributed by atoms with Gasteiger partial charge in [0, 0.05) is 23.9 Å². The summed E-state index contributed by atoms with van der Waals surface area (Å²) in [6.07, 6.45) is 2.53. The zero-order valence-electron chi connectivity index (χ0n) is 15.7. The molecule has 2 aromatic heterocycles. The second-order valence-corrected chi connectivity index (χ2v) is 6.41. The first-order valence-corrected chi connectivity index (χ1v) is 9.00. The highest BCUT2D eigenvalue weighted by Crippen LogP contribution is 2.20. The van der Waals surface area contributed by atoms with E-state index in [1.807, 2.05) is 55.8 Å². The Labute approximate surface area is 157 Å². The molecule has 0 radical (unpaired) electrons. The molecule has 3 rings (SSSR count). The average Bonchev–Trinajstić information content (AvgIpc) is 3.06. The van der Waals surface area contributed by atoms with Gasteiger partial charge in [-0.3, -0.25) is 9.59 Å². The van der Waals surface area contributed by atoms with Crippen molar-refractivity contribution in [2.24, 2.45) is 0 Å². The van der Waals surface area contributed by atoms with Crippen LogP contribution >= 0.6 is 0 Å². The number of amides is 1. The van der Waals surface area contributed by atoms with E-state index >= 15 is 0 Å². The zero-order chi connectivity index (χ0) is 19.4. The van der Waals surface area contributed by atoms with E-state index in [0.29, 0.717) is 6.54 Å². The maximum absolute atomic E-state index is 12.6. The smallest absolute Gasteiger partial charge is 0.272 e. The molecule has 0 fully saturated rings. The molecule has 0 aliphatic heterocycles. The molecule has 0 aliphatic carbocycles. The number of nitrogens with one attached hydrogen (secondary N) is 1. The molecule has 0 bridgehead atoms. The van der Waals surface area contributed by atoms with E-state index in [1.54, 1.807) is 6.20 Å². The molecular formula is C20H23N5O2. The van der Waals surface area contributed by atoms with Crippen molar-refractivity contribution in [2.45, 2.75) is 39.8 Å². The van der Waals surface area contributed by atoms with Crippen LogP contribution in [0.25, 0.3) is 5.69 Å². The topological polar surface area (TPSA) is 81.8 Å². The van der Waals surface area contributed by atoms with Crippen molar-refractivity contribution in [3.8, 4) is 5.69 Å². The van der Waals surface area contributed by atoms with Gasteiger partial charge in [-0.1, -0.05) is 25.1 Å². The summed E-state index contributed by atoms with van der Waals surface area (Å²) in [5.74, 6) is -0.320. The molecule has 1 N–H and O–H groups in total. The molecule has 0 aliphatic rings. The van der Waals surface area contributed by atoms with Gasteiger partial charge in [0.25, 0.3) is 11.5 Å². The monoisotopic (exact) mass is 365 g/mol.